The van der Waals surface area contributed by atoms with Crippen LogP contribution in [0.15, 0.2) is 11.6 Å². The summed E-state index contributed by atoms with van der Waals surface area (Å²) in [6.45, 7) is 0.414. The van der Waals surface area contributed by atoms with E-state index in [-0.39, 0.29) is 12.5 Å². The molecule has 1 atom stereocenters. The average molecular weight is 268 g/mol. The Morgan fingerprint density at radius 3 is 2.88 bits per heavy atom. The van der Waals surface area contributed by atoms with Crippen molar-refractivity contribution in [3.8, 4) is 0 Å². The Morgan fingerprint density at radius 2 is 2.35 bits per heavy atom. The third-order valence-electron chi connectivity index (χ3n) is 1.79. The fourth-order valence-corrected chi connectivity index (χ4v) is 1.70. The maximum Gasteiger partial charge on any atom is 0.422 e. The molecule has 0 spiro atoms. The number of halogens is 3. The number of amides is 1. The number of hydrogen-bond acceptors (Lipinski definition) is 4. The fraction of sp³-hybridized carbons (Fsp3) is 0.556. The number of carbonyl (C=O) groups is 1. The van der Waals surface area contributed by atoms with Gasteiger partial charge in [-0.25, -0.2) is 9.78 Å². The summed E-state index contributed by atoms with van der Waals surface area (Å²) in [6.07, 6.45) is -3.96. The highest BCUT2D eigenvalue weighted by Gasteiger charge is 2.29. The van der Waals surface area contributed by atoms with Crippen LogP contribution in [0.3, 0.4) is 0 Å². The second kappa shape index (κ2) is 5.85. The van der Waals surface area contributed by atoms with Gasteiger partial charge in [0.25, 0.3) is 0 Å². The zero-order valence-electron chi connectivity index (χ0n) is 8.95. The molecule has 96 valence electrons. The zero-order chi connectivity index (χ0) is 12.9. The molecule has 0 aliphatic carbocycles. The molecule has 1 N–H and O–H groups in total. The van der Waals surface area contributed by atoms with E-state index in [1.165, 1.54) is 11.3 Å². The molecule has 1 unspecified atom stereocenters. The Hall–Kier alpha value is -1.31. The first-order valence-electron chi connectivity index (χ1n) is 4.75. The molecule has 0 aliphatic rings. The maximum atomic E-state index is 11.7. The normalized spacial score (nSPS) is 13.2. The Bertz CT molecular complexity index is 354. The van der Waals surface area contributed by atoms with Crippen LogP contribution in [0.2, 0.25) is 0 Å². The summed E-state index contributed by atoms with van der Waals surface area (Å²) in [5, 5.41) is 4.84. The molecule has 1 rings (SSSR count). The molecule has 8 heteroatoms. The molecule has 17 heavy (non-hydrogen) atoms. The number of aromatic nitrogens is 1. The second-order valence-corrected chi connectivity index (χ2v) is 4.27. The molecule has 0 fully saturated rings. The molecule has 1 aromatic rings. The van der Waals surface area contributed by atoms with Crippen LogP contribution in [0.5, 0.6) is 0 Å². The molecule has 1 amide bonds. The van der Waals surface area contributed by atoms with Gasteiger partial charge in [0, 0.05) is 24.0 Å². The number of hydrogen-bond donors (Lipinski definition) is 1. The molecule has 0 saturated carbocycles. The first-order chi connectivity index (χ1) is 7.88. The van der Waals surface area contributed by atoms with Crippen molar-refractivity contribution in [2.75, 3.05) is 13.2 Å². The monoisotopic (exact) mass is 268 g/mol. The van der Waals surface area contributed by atoms with Crippen molar-refractivity contribution < 1.29 is 22.7 Å². The van der Waals surface area contributed by atoms with E-state index in [4.69, 9.17) is 0 Å². The highest BCUT2D eigenvalue weighted by molar-refractivity contribution is 7.09. The van der Waals surface area contributed by atoms with Crippen molar-refractivity contribution >= 4 is 17.4 Å². The van der Waals surface area contributed by atoms with Crippen LogP contribution in [0.1, 0.15) is 17.8 Å². The van der Waals surface area contributed by atoms with Crippen LogP contribution in [-0.4, -0.2) is 30.4 Å². The lowest BCUT2D eigenvalue weighted by Crippen LogP contribution is -2.31. The van der Waals surface area contributed by atoms with Gasteiger partial charge in [-0.2, -0.15) is 13.2 Å². The van der Waals surface area contributed by atoms with E-state index < -0.39 is 18.9 Å². The van der Waals surface area contributed by atoms with E-state index in [0.29, 0.717) is 0 Å². The number of alkyl halides is 3. The third-order valence-corrected chi connectivity index (χ3v) is 2.80. The van der Waals surface area contributed by atoms with Crippen molar-refractivity contribution in [1.82, 2.24) is 10.3 Å². The van der Waals surface area contributed by atoms with Gasteiger partial charge in [0.2, 0.25) is 0 Å². The lowest BCUT2D eigenvalue weighted by Gasteiger charge is -2.11. The lowest BCUT2D eigenvalue weighted by molar-refractivity contribution is -0.160. The van der Waals surface area contributed by atoms with E-state index in [0.717, 1.165) is 5.01 Å². The summed E-state index contributed by atoms with van der Waals surface area (Å²) in [4.78, 5) is 14.9. The van der Waals surface area contributed by atoms with Gasteiger partial charge in [-0.15, -0.1) is 11.3 Å². The summed E-state index contributed by atoms with van der Waals surface area (Å²) >= 11 is 1.42. The van der Waals surface area contributed by atoms with Crippen LogP contribution in [0, 0.1) is 0 Å². The van der Waals surface area contributed by atoms with Gasteiger partial charge < -0.3 is 10.1 Å². The van der Waals surface area contributed by atoms with Gasteiger partial charge in [0.05, 0.1) is 5.01 Å². The molecule has 1 aromatic heterocycles. The zero-order valence-corrected chi connectivity index (χ0v) is 9.77. The Morgan fingerprint density at radius 1 is 1.65 bits per heavy atom. The van der Waals surface area contributed by atoms with Crippen LogP contribution in [0.25, 0.3) is 0 Å². The summed E-state index contributed by atoms with van der Waals surface area (Å²) in [6, 6.07) is 0. The minimum absolute atomic E-state index is 0.0616. The molecule has 0 bridgehead atoms. The SMILES string of the molecule is CC(CNC(=O)OCC(F)(F)F)c1nccs1. The van der Waals surface area contributed by atoms with Crippen LogP contribution < -0.4 is 5.32 Å². The quantitative estimate of drug-likeness (QED) is 0.913. The summed E-state index contributed by atoms with van der Waals surface area (Å²) in [5.74, 6) is -0.0616. The largest absolute Gasteiger partial charge is 0.440 e. The summed E-state index contributed by atoms with van der Waals surface area (Å²) in [5.41, 5.74) is 0. The average Bonchev–Trinajstić information content (AvgIpc) is 2.75. The predicted octanol–water partition coefficient (Wildman–Crippen LogP) is 2.54. The fourth-order valence-electron chi connectivity index (χ4n) is 1.00. The Labute approximate surface area is 99.8 Å². The first-order valence-corrected chi connectivity index (χ1v) is 5.63. The highest BCUT2D eigenvalue weighted by Crippen LogP contribution is 2.17. The van der Waals surface area contributed by atoms with Crippen molar-refractivity contribution in [3.05, 3.63) is 16.6 Å². The van der Waals surface area contributed by atoms with Crippen LogP contribution >= 0.6 is 11.3 Å². The number of rotatable bonds is 4. The molecular weight excluding hydrogens is 257 g/mol. The number of alkyl carbamates (subject to hydrolysis) is 1. The molecule has 0 aromatic carbocycles. The van der Waals surface area contributed by atoms with E-state index in [1.807, 2.05) is 6.92 Å². The van der Waals surface area contributed by atoms with Gasteiger partial charge in [0.1, 0.15) is 0 Å². The molecule has 4 nitrogen and oxygen atoms in total. The van der Waals surface area contributed by atoms with E-state index in [2.05, 4.69) is 15.0 Å². The first kappa shape index (κ1) is 13.8. The van der Waals surface area contributed by atoms with E-state index in [1.54, 1.807) is 11.6 Å². The van der Waals surface area contributed by atoms with Gasteiger partial charge in [-0.1, -0.05) is 6.92 Å². The molecular formula is C9H11F3N2O2S. The minimum atomic E-state index is -4.50. The Kier molecular flexibility index (Phi) is 4.73. The number of nitrogens with one attached hydrogen (secondary N) is 1. The van der Waals surface area contributed by atoms with Crippen LogP contribution in [0.4, 0.5) is 18.0 Å². The van der Waals surface area contributed by atoms with Crippen molar-refractivity contribution in [2.45, 2.75) is 19.0 Å². The smallest absolute Gasteiger partial charge is 0.422 e. The van der Waals surface area contributed by atoms with Crippen molar-refractivity contribution in [3.63, 3.8) is 0 Å². The summed E-state index contributed by atoms with van der Waals surface area (Å²) in [7, 11) is 0. The molecule has 0 saturated heterocycles. The third kappa shape index (κ3) is 5.53. The molecule has 0 aliphatic heterocycles. The summed E-state index contributed by atoms with van der Waals surface area (Å²) < 4.78 is 39.2. The van der Waals surface area contributed by atoms with Gasteiger partial charge in [-0.05, 0) is 0 Å². The number of nitrogens with zero attached hydrogens (tertiary/aromatic N) is 1. The second-order valence-electron chi connectivity index (χ2n) is 3.34. The van der Waals surface area contributed by atoms with Gasteiger partial charge >= 0.3 is 12.3 Å². The maximum absolute atomic E-state index is 11.7. The van der Waals surface area contributed by atoms with E-state index >= 15 is 0 Å². The van der Waals surface area contributed by atoms with Gasteiger partial charge in [-0.3, -0.25) is 0 Å². The lowest BCUT2D eigenvalue weighted by atomic mass is 10.2. The molecule has 1 heterocycles. The van der Waals surface area contributed by atoms with Gasteiger partial charge in [0.15, 0.2) is 6.61 Å². The van der Waals surface area contributed by atoms with Crippen LogP contribution in [-0.2, 0) is 4.74 Å². The number of thiazole rings is 1. The number of carbonyl (C=O) groups excluding carboxylic acids is 1. The minimum Gasteiger partial charge on any atom is -0.440 e. The van der Waals surface area contributed by atoms with Crippen molar-refractivity contribution in [2.24, 2.45) is 0 Å². The van der Waals surface area contributed by atoms with E-state index in [9.17, 15) is 18.0 Å². The predicted molar refractivity (Wildman–Crippen MR) is 55.9 cm³/mol. The topological polar surface area (TPSA) is 51.2 Å². The number of ether oxygens (including phenoxy) is 1. The highest BCUT2D eigenvalue weighted by atomic mass is 32.1. The standard InChI is InChI=1S/C9H11F3N2O2S/c1-6(7-13-2-3-17-7)4-14-8(15)16-5-9(10,11)12/h2-3,6H,4-5H2,1H3,(H,14,15). The molecule has 0 radical (unpaired) electrons. The Balaban J connectivity index is 2.24. The van der Waals surface area contributed by atoms with Crippen molar-refractivity contribution in [1.29, 1.82) is 0 Å².